The van der Waals surface area contributed by atoms with Crippen LogP contribution in [0.15, 0.2) is 12.0 Å². The van der Waals surface area contributed by atoms with E-state index in [9.17, 15) is 4.79 Å². The molecule has 0 aromatic carbocycles. The number of hydrogen-bond acceptors (Lipinski definition) is 4. The van der Waals surface area contributed by atoms with Gasteiger partial charge in [0.15, 0.2) is 0 Å². The molecule has 0 aliphatic carbocycles. The summed E-state index contributed by atoms with van der Waals surface area (Å²) < 4.78 is 9.99. The summed E-state index contributed by atoms with van der Waals surface area (Å²) in [6.07, 6.45) is 1.32. The van der Waals surface area contributed by atoms with Crippen LogP contribution in [0.4, 0.5) is 0 Å². The molecule has 5 nitrogen and oxygen atoms in total. The summed E-state index contributed by atoms with van der Waals surface area (Å²) in [5.74, 6) is -0.0658. The molecule has 1 aliphatic rings. The first-order chi connectivity index (χ1) is 6.20. The van der Waals surface area contributed by atoms with E-state index in [4.69, 9.17) is 15.2 Å². The van der Waals surface area contributed by atoms with Crippen molar-refractivity contribution in [2.24, 2.45) is 5.73 Å². The molecule has 0 aromatic heterocycles. The maximum atomic E-state index is 11.3. The van der Waals surface area contributed by atoms with E-state index in [0.717, 1.165) is 0 Å². The maximum absolute atomic E-state index is 11.3. The Labute approximate surface area is 76.9 Å². The number of hydrogen-bond donors (Lipinski definition) is 2. The fraction of sp³-hybridized carbons (Fsp3) is 0.625. The molecule has 1 atom stereocenters. The quantitative estimate of drug-likeness (QED) is 0.613. The number of carbonyl (C=O) groups excluding carboxylic acids is 1. The average Bonchev–Trinajstić information content (AvgIpc) is 2.15. The van der Waals surface area contributed by atoms with Gasteiger partial charge in [-0.3, -0.25) is 4.79 Å². The van der Waals surface area contributed by atoms with Crippen LogP contribution in [0.5, 0.6) is 0 Å². The normalized spacial score (nSPS) is 17.8. The van der Waals surface area contributed by atoms with E-state index in [1.54, 1.807) is 0 Å². The van der Waals surface area contributed by atoms with Crippen LogP contribution in [0.25, 0.3) is 0 Å². The molecule has 0 bridgehead atoms. The molecule has 1 amide bonds. The minimum absolute atomic E-state index is 0.0611. The van der Waals surface area contributed by atoms with Gasteiger partial charge in [-0.05, 0) is 6.92 Å². The van der Waals surface area contributed by atoms with Crippen LogP contribution in [-0.2, 0) is 14.3 Å². The number of carbonyl (C=O) groups is 1. The molecule has 3 N–H and O–H groups in total. The third kappa shape index (κ3) is 3.33. The monoisotopic (exact) mass is 186 g/mol. The van der Waals surface area contributed by atoms with E-state index in [1.807, 2.05) is 6.92 Å². The second-order valence-electron chi connectivity index (χ2n) is 2.89. The zero-order valence-electron chi connectivity index (χ0n) is 7.58. The molecule has 1 unspecified atom stereocenters. The first kappa shape index (κ1) is 9.85. The Balaban J connectivity index is 2.34. The predicted molar refractivity (Wildman–Crippen MR) is 46.6 cm³/mol. The smallest absolute Gasteiger partial charge is 0.289 e. The highest BCUT2D eigenvalue weighted by Crippen LogP contribution is 2.03. The lowest BCUT2D eigenvalue weighted by molar-refractivity contribution is -0.122. The van der Waals surface area contributed by atoms with Gasteiger partial charge in [-0.2, -0.15) is 0 Å². The third-order valence-electron chi connectivity index (χ3n) is 1.46. The number of ether oxygens (including phenoxy) is 2. The van der Waals surface area contributed by atoms with E-state index in [-0.39, 0.29) is 17.7 Å². The van der Waals surface area contributed by atoms with E-state index >= 15 is 0 Å². The summed E-state index contributed by atoms with van der Waals surface area (Å²) in [4.78, 5) is 11.3. The Bertz CT molecular complexity index is 213. The van der Waals surface area contributed by atoms with E-state index < -0.39 is 0 Å². The Hall–Kier alpha value is -1.23. The molecular formula is C8H14N2O3. The summed E-state index contributed by atoms with van der Waals surface area (Å²) in [5, 5.41) is 2.61. The second kappa shape index (κ2) is 4.71. The number of nitrogens with two attached hydrogens (primary N) is 1. The Morgan fingerprint density at radius 1 is 1.77 bits per heavy atom. The maximum Gasteiger partial charge on any atom is 0.289 e. The molecule has 1 heterocycles. The van der Waals surface area contributed by atoms with Gasteiger partial charge < -0.3 is 20.5 Å². The van der Waals surface area contributed by atoms with Crippen molar-refractivity contribution in [2.75, 3.05) is 19.8 Å². The molecule has 1 aliphatic heterocycles. The van der Waals surface area contributed by atoms with Crippen molar-refractivity contribution in [2.45, 2.75) is 13.0 Å². The van der Waals surface area contributed by atoms with Crippen LogP contribution >= 0.6 is 0 Å². The highest BCUT2D eigenvalue weighted by Gasteiger charge is 2.14. The lowest BCUT2D eigenvalue weighted by Crippen LogP contribution is -2.37. The minimum atomic E-state index is -0.281. The Morgan fingerprint density at radius 3 is 3.08 bits per heavy atom. The predicted octanol–water partition coefficient (Wildman–Crippen LogP) is -0.662. The van der Waals surface area contributed by atoms with Gasteiger partial charge in [0.05, 0.1) is 0 Å². The Morgan fingerprint density at radius 2 is 2.54 bits per heavy atom. The molecule has 5 heteroatoms. The fourth-order valence-corrected chi connectivity index (χ4v) is 0.828. The first-order valence-electron chi connectivity index (χ1n) is 4.18. The van der Waals surface area contributed by atoms with Gasteiger partial charge in [0.25, 0.3) is 5.91 Å². The van der Waals surface area contributed by atoms with Crippen LogP contribution in [-0.4, -0.2) is 31.7 Å². The van der Waals surface area contributed by atoms with Crippen molar-refractivity contribution in [3.05, 3.63) is 12.0 Å². The van der Waals surface area contributed by atoms with Gasteiger partial charge >= 0.3 is 0 Å². The molecule has 74 valence electrons. The average molecular weight is 186 g/mol. The van der Waals surface area contributed by atoms with Gasteiger partial charge in [0.1, 0.15) is 19.5 Å². The van der Waals surface area contributed by atoms with Crippen LogP contribution in [0, 0.1) is 0 Å². The van der Waals surface area contributed by atoms with Crippen LogP contribution < -0.4 is 11.1 Å². The zero-order chi connectivity index (χ0) is 9.68. The molecule has 0 saturated carbocycles. The van der Waals surface area contributed by atoms with Crippen LogP contribution in [0.2, 0.25) is 0 Å². The van der Waals surface area contributed by atoms with Gasteiger partial charge in [-0.25, -0.2) is 0 Å². The minimum Gasteiger partial charge on any atom is -0.494 e. The second-order valence-corrected chi connectivity index (χ2v) is 2.89. The third-order valence-corrected chi connectivity index (χ3v) is 1.46. The summed E-state index contributed by atoms with van der Waals surface area (Å²) >= 11 is 0. The number of rotatable bonds is 3. The molecule has 0 fully saturated rings. The van der Waals surface area contributed by atoms with Gasteiger partial charge in [-0.1, -0.05) is 0 Å². The van der Waals surface area contributed by atoms with Crippen LogP contribution in [0.1, 0.15) is 6.92 Å². The standard InChI is InChI=1S/C8H14N2O3/c1-6(9)4-10-8(11)7-5-12-2-3-13-7/h5-6H,2-4,9H2,1H3,(H,10,11). The largest absolute Gasteiger partial charge is 0.494 e. The molecular weight excluding hydrogens is 172 g/mol. The summed E-state index contributed by atoms with van der Waals surface area (Å²) in [7, 11) is 0. The first-order valence-corrected chi connectivity index (χ1v) is 4.18. The number of amides is 1. The van der Waals surface area contributed by atoms with Crippen molar-refractivity contribution in [1.82, 2.24) is 5.32 Å². The summed E-state index contributed by atoms with van der Waals surface area (Å²) in [6, 6.07) is -0.0611. The molecule has 1 rings (SSSR count). The molecule has 13 heavy (non-hydrogen) atoms. The molecule has 0 spiro atoms. The fourth-order valence-electron chi connectivity index (χ4n) is 0.828. The van der Waals surface area contributed by atoms with E-state index in [1.165, 1.54) is 6.26 Å². The van der Waals surface area contributed by atoms with Gasteiger partial charge in [0, 0.05) is 12.6 Å². The molecule has 0 aromatic rings. The number of nitrogens with one attached hydrogen (secondary N) is 1. The van der Waals surface area contributed by atoms with Crippen molar-refractivity contribution >= 4 is 5.91 Å². The highest BCUT2D eigenvalue weighted by atomic mass is 16.6. The topological polar surface area (TPSA) is 73.6 Å². The molecule has 0 saturated heterocycles. The lowest BCUT2D eigenvalue weighted by Gasteiger charge is -2.15. The highest BCUT2D eigenvalue weighted by molar-refractivity contribution is 5.91. The van der Waals surface area contributed by atoms with Crippen LogP contribution in [0.3, 0.4) is 0 Å². The lowest BCUT2D eigenvalue weighted by atomic mass is 10.3. The van der Waals surface area contributed by atoms with Gasteiger partial charge in [0.2, 0.25) is 5.76 Å². The zero-order valence-corrected chi connectivity index (χ0v) is 7.58. The van der Waals surface area contributed by atoms with Crippen molar-refractivity contribution < 1.29 is 14.3 Å². The Kier molecular flexibility index (Phi) is 3.57. The van der Waals surface area contributed by atoms with Gasteiger partial charge in [-0.15, -0.1) is 0 Å². The van der Waals surface area contributed by atoms with E-state index in [0.29, 0.717) is 19.8 Å². The SMILES string of the molecule is CC(N)CNC(=O)C1=COCCO1. The summed E-state index contributed by atoms with van der Waals surface area (Å²) in [6.45, 7) is 3.15. The van der Waals surface area contributed by atoms with E-state index in [2.05, 4.69) is 5.32 Å². The molecule has 0 radical (unpaired) electrons. The van der Waals surface area contributed by atoms with Crippen molar-refractivity contribution in [1.29, 1.82) is 0 Å². The summed E-state index contributed by atoms with van der Waals surface area (Å²) in [5.41, 5.74) is 5.46. The van der Waals surface area contributed by atoms with Crippen molar-refractivity contribution in [3.63, 3.8) is 0 Å². The van der Waals surface area contributed by atoms with Crippen molar-refractivity contribution in [3.8, 4) is 0 Å².